The normalized spacial score (nSPS) is 42.3. The van der Waals surface area contributed by atoms with E-state index in [9.17, 15) is 29.7 Å². The van der Waals surface area contributed by atoms with Crippen LogP contribution >= 0.6 is 0 Å². The van der Waals surface area contributed by atoms with Crippen LogP contribution in [0.25, 0.3) is 0 Å². The van der Waals surface area contributed by atoms with Crippen molar-refractivity contribution in [2.45, 2.75) is 116 Å². The summed E-state index contributed by atoms with van der Waals surface area (Å²) in [5.41, 5.74) is 0.856. The molecule has 0 aromatic heterocycles. The molecule has 0 bridgehead atoms. The average Bonchev–Trinajstić information content (AvgIpc) is 2.90. The van der Waals surface area contributed by atoms with Crippen LogP contribution in [0.2, 0.25) is 0 Å². The van der Waals surface area contributed by atoms with Gasteiger partial charge in [0.15, 0.2) is 12.1 Å². The van der Waals surface area contributed by atoms with Gasteiger partial charge in [0.25, 0.3) is 0 Å². The molecule has 2 aliphatic heterocycles. The molecule has 10 heteroatoms. The van der Waals surface area contributed by atoms with Crippen LogP contribution in [-0.4, -0.2) is 101 Å². The van der Waals surface area contributed by atoms with E-state index in [0.717, 1.165) is 11.9 Å². The van der Waals surface area contributed by atoms with Gasteiger partial charge in [-0.05, 0) is 52.8 Å². The molecule has 2 rings (SSSR count). The number of aliphatic hydroxyl groups is 3. The molecule has 234 valence electrons. The van der Waals surface area contributed by atoms with Crippen LogP contribution < -0.4 is 0 Å². The van der Waals surface area contributed by atoms with Gasteiger partial charge in [0.1, 0.15) is 18.5 Å². The highest BCUT2D eigenvalue weighted by Gasteiger charge is 2.47. The lowest BCUT2D eigenvalue weighted by Crippen LogP contribution is -2.63. The summed E-state index contributed by atoms with van der Waals surface area (Å²) in [7, 11) is 3.46. The van der Waals surface area contributed by atoms with Crippen molar-refractivity contribution in [3.63, 3.8) is 0 Å². The van der Waals surface area contributed by atoms with Gasteiger partial charge in [-0.2, -0.15) is 0 Å². The van der Waals surface area contributed by atoms with E-state index < -0.39 is 72.7 Å². The summed E-state index contributed by atoms with van der Waals surface area (Å²) in [4.78, 5) is 39.5. The zero-order chi connectivity index (χ0) is 31.0. The lowest BCUT2D eigenvalue weighted by atomic mass is 9.79. The molecule has 0 radical (unpaired) electrons. The fourth-order valence-corrected chi connectivity index (χ4v) is 5.92. The molecule has 0 saturated carbocycles. The van der Waals surface area contributed by atoms with Crippen LogP contribution in [0.3, 0.4) is 0 Å². The van der Waals surface area contributed by atoms with Gasteiger partial charge in [-0.15, -0.1) is 0 Å². The van der Waals surface area contributed by atoms with E-state index in [2.05, 4.69) is 0 Å². The van der Waals surface area contributed by atoms with Crippen LogP contribution in [0.1, 0.15) is 67.2 Å². The van der Waals surface area contributed by atoms with Crippen LogP contribution in [-0.2, 0) is 28.6 Å². The second-order valence-electron chi connectivity index (χ2n) is 12.1. The van der Waals surface area contributed by atoms with Gasteiger partial charge in [0.05, 0.1) is 36.9 Å². The summed E-state index contributed by atoms with van der Waals surface area (Å²) < 4.78 is 18.0. The van der Waals surface area contributed by atoms with E-state index in [1.54, 1.807) is 45.8 Å². The fourth-order valence-electron chi connectivity index (χ4n) is 5.92. The first-order valence-electron chi connectivity index (χ1n) is 14.8. The Morgan fingerprint density at radius 3 is 2.32 bits per heavy atom. The Balaban J connectivity index is 2.50. The summed E-state index contributed by atoms with van der Waals surface area (Å²) >= 11 is 0. The van der Waals surface area contributed by atoms with Crippen molar-refractivity contribution in [3.8, 4) is 0 Å². The number of allylic oxidation sites excluding steroid dienone is 3. The van der Waals surface area contributed by atoms with E-state index in [1.807, 2.05) is 26.8 Å². The Hall–Kier alpha value is -1.95. The van der Waals surface area contributed by atoms with Crippen LogP contribution in [0.5, 0.6) is 0 Å². The van der Waals surface area contributed by atoms with Gasteiger partial charge in [0.2, 0.25) is 0 Å². The van der Waals surface area contributed by atoms with Crippen molar-refractivity contribution in [3.05, 3.63) is 23.8 Å². The molecule has 12 atom stereocenters. The van der Waals surface area contributed by atoms with Gasteiger partial charge in [-0.3, -0.25) is 9.59 Å². The van der Waals surface area contributed by atoms with Crippen molar-refractivity contribution < 1.29 is 43.9 Å². The standard InChI is InChI=1S/C31H51NO9/c1-9-25-19(4)14-17(2)10-11-23(34)18(3)15-22(12-13-33)30(20(5)24(35)16-26(36)40-25)41-31-29(38)27(32(7)8)28(37)21(6)39-31/h10-11,13-14,18-22,24-25,27-31,35,37-38H,9,12,15-16H2,1-8H3/b11-10-,17-14+. The Labute approximate surface area is 244 Å². The molecule has 0 aromatic rings. The van der Waals surface area contributed by atoms with Gasteiger partial charge >= 0.3 is 5.97 Å². The van der Waals surface area contributed by atoms with Crippen molar-refractivity contribution in [2.24, 2.45) is 23.7 Å². The highest BCUT2D eigenvalue weighted by molar-refractivity contribution is 5.91. The molecule has 2 heterocycles. The van der Waals surface area contributed by atoms with Crippen LogP contribution in [0.15, 0.2) is 23.8 Å². The number of hydrogen-bond acceptors (Lipinski definition) is 10. The number of rotatable bonds is 6. The van der Waals surface area contributed by atoms with Crippen molar-refractivity contribution >= 4 is 18.0 Å². The van der Waals surface area contributed by atoms with Crippen molar-refractivity contribution in [1.29, 1.82) is 0 Å². The molecule has 0 spiro atoms. The van der Waals surface area contributed by atoms with Crippen molar-refractivity contribution in [1.82, 2.24) is 4.90 Å². The Morgan fingerprint density at radius 1 is 1.07 bits per heavy atom. The molecule has 0 aromatic carbocycles. The molecule has 10 nitrogen and oxygen atoms in total. The first-order chi connectivity index (χ1) is 19.2. The maximum atomic E-state index is 13.1. The zero-order valence-corrected chi connectivity index (χ0v) is 25.8. The Bertz CT molecular complexity index is 935. The van der Waals surface area contributed by atoms with E-state index in [0.29, 0.717) is 6.42 Å². The lowest BCUT2D eigenvalue weighted by molar-refractivity contribution is -0.304. The third kappa shape index (κ3) is 9.53. The molecule has 1 fully saturated rings. The predicted molar refractivity (Wildman–Crippen MR) is 154 cm³/mol. The van der Waals surface area contributed by atoms with Crippen LogP contribution in [0.4, 0.5) is 0 Å². The number of carbonyl (C=O) groups is 3. The number of ether oxygens (including phenoxy) is 3. The smallest absolute Gasteiger partial charge is 0.308 e. The highest BCUT2D eigenvalue weighted by atomic mass is 16.7. The number of aldehydes is 1. The van der Waals surface area contributed by atoms with E-state index in [-0.39, 0.29) is 31.0 Å². The second-order valence-corrected chi connectivity index (χ2v) is 12.1. The number of hydrogen-bond donors (Lipinski definition) is 3. The third-order valence-electron chi connectivity index (χ3n) is 8.51. The molecule has 41 heavy (non-hydrogen) atoms. The molecular weight excluding hydrogens is 530 g/mol. The molecule has 0 aliphatic carbocycles. The van der Waals surface area contributed by atoms with Gasteiger partial charge in [-0.25, -0.2) is 0 Å². The molecule has 12 unspecified atom stereocenters. The second kappa shape index (κ2) is 16.0. The summed E-state index contributed by atoms with van der Waals surface area (Å²) in [5.74, 6) is -2.48. The molecule has 0 amide bonds. The molecular formula is C31H51NO9. The first-order valence-corrected chi connectivity index (χ1v) is 14.8. The minimum atomic E-state index is -1.24. The number of carbonyl (C=O) groups excluding carboxylic acids is 3. The maximum Gasteiger partial charge on any atom is 0.308 e. The minimum absolute atomic E-state index is 0.0277. The topological polar surface area (TPSA) is 143 Å². The Kier molecular flexibility index (Phi) is 13.8. The van der Waals surface area contributed by atoms with Gasteiger partial charge < -0.3 is 39.2 Å². The fraction of sp³-hybridized carbons (Fsp3) is 0.774. The Morgan fingerprint density at radius 2 is 1.73 bits per heavy atom. The zero-order valence-electron chi connectivity index (χ0n) is 25.8. The number of esters is 1. The molecule has 3 N–H and O–H groups in total. The summed E-state index contributed by atoms with van der Waals surface area (Å²) in [6.07, 6.45) is -0.0195. The van der Waals surface area contributed by atoms with Crippen molar-refractivity contribution in [2.75, 3.05) is 14.1 Å². The number of nitrogens with zero attached hydrogens (tertiary/aromatic N) is 1. The van der Waals surface area contributed by atoms with E-state index in [1.165, 1.54) is 6.08 Å². The number of ketones is 1. The maximum absolute atomic E-state index is 13.1. The van der Waals surface area contributed by atoms with E-state index in [4.69, 9.17) is 14.2 Å². The lowest BCUT2D eigenvalue weighted by Gasteiger charge is -2.46. The van der Waals surface area contributed by atoms with Gasteiger partial charge in [0, 0.05) is 24.2 Å². The monoisotopic (exact) mass is 581 g/mol. The van der Waals surface area contributed by atoms with Crippen LogP contribution in [0, 0.1) is 23.7 Å². The number of aliphatic hydroxyl groups excluding tert-OH is 3. The van der Waals surface area contributed by atoms with E-state index >= 15 is 0 Å². The average molecular weight is 582 g/mol. The largest absolute Gasteiger partial charge is 0.462 e. The summed E-state index contributed by atoms with van der Waals surface area (Å²) in [6, 6.07) is -0.690. The third-order valence-corrected chi connectivity index (χ3v) is 8.51. The highest BCUT2D eigenvalue weighted by Crippen LogP contribution is 2.34. The predicted octanol–water partition coefficient (Wildman–Crippen LogP) is 2.43. The summed E-state index contributed by atoms with van der Waals surface area (Å²) in [6.45, 7) is 10.9. The number of cyclic esters (lactones) is 1. The minimum Gasteiger partial charge on any atom is -0.462 e. The molecule has 2 aliphatic rings. The SMILES string of the molecule is CCC1OC(=O)CC(O)C(C)C(OC2OC(C)C(O)C(N(C)C)C2O)C(CC=O)CC(C)C(=O)/C=C\C(C)=C\C1C. The quantitative estimate of drug-likeness (QED) is 0.316. The molecule has 1 saturated heterocycles. The first kappa shape index (κ1) is 35.2. The summed E-state index contributed by atoms with van der Waals surface area (Å²) in [5, 5.41) is 33.0. The number of likely N-dealkylation sites (N-methyl/N-ethyl adjacent to an activating group) is 1. The van der Waals surface area contributed by atoms with Gasteiger partial charge in [-0.1, -0.05) is 45.4 Å².